The molecule has 26 heavy (non-hydrogen) atoms. The second-order valence-electron chi connectivity index (χ2n) is 6.64. The first-order chi connectivity index (χ1) is 12.4. The van der Waals surface area contributed by atoms with Crippen LogP contribution in [-0.2, 0) is 0 Å². The highest BCUT2D eigenvalue weighted by molar-refractivity contribution is 5.99. The predicted octanol–water partition coefficient (Wildman–Crippen LogP) is 4.22. The zero-order valence-corrected chi connectivity index (χ0v) is 14.6. The average molecular weight is 352 g/mol. The van der Waals surface area contributed by atoms with Crippen LogP contribution in [0.4, 0.5) is 0 Å². The van der Waals surface area contributed by atoms with Gasteiger partial charge in [0.15, 0.2) is 5.78 Å². The molecule has 1 heterocycles. The maximum Gasteiger partial charge on any atom is 0.343 e. The number of para-hydroxylation sites is 2. The zero-order valence-electron chi connectivity index (χ0n) is 14.6. The lowest BCUT2D eigenvalue weighted by atomic mass is 9.83. The van der Waals surface area contributed by atoms with Gasteiger partial charge in [0, 0.05) is 12.3 Å². The summed E-state index contributed by atoms with van der Waals surface area (Å²) in [5.74, 6) is -1.19. The van der Waals surface area contributed by atoms with E-state index < -0.39 is 11.5 Å². The molecule has 5 heteroatoms. The van der Waals surface area contributed by atoms with Crippen LogP contribution in [0.15, 0.2) is 57.7 Å². The van der Waals surface area contributed by atoms with Gasteiger partial charge in [0.2, 0.25) is 0 Å². The van der Waals surface area contributed by atoms with Gasteiger partial charge in [-0.3, -0.25) is 4.79 Å². The van der Waals surface area contributed by atoms with Crippen molar-refractivity contribution in [1.29, 1.82) is 0 Å². The number of aromatic hydroxyl groups is 2. The quantitative estimate of drug-likeness (QED) is 0.530. The molecule has 0 spiro atoms. The average Bonchev–Trinajstić information content (AvgIpc) is 2.61. The second-order valence-corrected chi connectivity index (χ2v) is 6.64. The Balaban J connectivity index is 2.07. The third kappa shape index (κ3) is 3.20. The van der Waals surface area contributed by atoms with Crippen molar-refractivity contribution in [2.24, 2.45) is 5.92 Å². The van der Waals surface area contributed by atoms with Crippen molar-refractivity contribution in [1.82, 2.24) is 0 Å². The Hall–Kier alpha value is -3.08. The highest BCUT2D eigenvalue weighted by Gasteiger charge is 2.28. The van der Waals surface area contributed by atoms with E-state index in [9.17, 15) is 19.8 Å². The molecule has 0 bridgehead atoms. The van der Waals surface area contributed by atoms with Crippen molar-refractivity contribution in [3.8, 4) is 11.5 Å². The smallest absolute Gasteiger partial charge is 0.343 e. The minimum absolute atomic E-state index is 0.0219. The van der Waals surface area contributed by atoms with Crippen LogP contribution in [-0.4, -0.2) is 16.0 Å². The van der Waals surface area contributed by atoms with Gasteiger partial charge in [0.05, 0.1) is 16.5 Å². The summed E-state index contributed by atoms with van der Waals surface area (Å²) in [5.41, 5.74) is -0.0523. The van der Waals surface area contributed by atoms with Crippen LogP contribution in [0.5, 0.6) is 11.5 Å². The fourth-order valence-corrected chi connectivity index (χ4v) is 3.17. The number of phenols is 1. The van der Waals surface area contributed by atoms with Crippen LogP contribution < -0.4 is 5.63 Å². The van der Waals surface area contributed by atoms with Gasteiger partial charge in [0.1, 0.15) is 17.1 Å². The van der Waals surface area contributed by atoms with Crippen molar-refractivity contribution in [2.75, 3.05) is 0 Å². The van der Waals surface area contributed by atoms with Crippen LogP contribution in [0.2, 0.25) is 0 Å². The first-order valence-corrected chi connectivity index (χ1v) is 8.46. The second kappa shape index (κ2) is 7.04. The van der Waals surface area contributed by atoms with Gasteiger partial charge < -0.3 is 14.6 Å². The predicted molar refractivity (Wildman–Crippen MR) is 98.8 cm³/mol. The molecule has 0 aliphatic rings. The number of rotatable bonds is 5. The molecule has 0 saturated heterocycles. The third-order valence-electron chi connectivity index (χ3n) is 4.61. The maximum absolute atomic E-state index is 12.7. The number of Topliss-reactive ketones (excluding diaryl/α,β-unsaturated/α-hetero) is 1. The van der Waals surface area contributed by atoms with Crippen LogP contribution in [0.3, 0.4) is 0 Å². The van der Waals surface area contributed by atoms with Crippen molar-refractivity contribution < 1.29 is 19.4 Å². The monoisotopic (exact) mass is 352 g/mol. The van der Waals surface area contributed by atoms with Crippen molar-refractivity contribution in [3.05, 3.63) is 70.1 Å². The number of carbonyl (C=O) groups excluding carboxylic acids is 1. The maximum atomic E-state index is 12.7. The summed E-state index contributed by atoms with van der Waals surface area (Å²) in [5, 5.41) is 21.0. The molecule has 0 aliphatic heterocycles. The van der Waals surface area contributed by atoms with E-state index >= 15 is 0 Å². The molecule has 0 aliphatic carbocycles. The first kappa shape index (κ1) is 17.7. The number of hydrogen-bond donors (Lipinski definition) is 2. The van der Waals surface area contributed by atoms with E-state index in [1.165, 1.54) is 12.1 Å². The van der Waals surface area contributed by atoms with Gasteiger partial charge in [-0.05, 0) is 30.2 Å². The van der Waals surface area contributed by atoms with E-state index in [2.05, 4.69) is 0 Å². The van der Waals surface area contributed by atoms with Gasteiger partial charge in [-0.25, -0.2) is 4.79 Å². The van der Waals surface area contributed by atoms with Crippen LogP contribution in [0.25, 0.3) is 11.0 Å². The lowest BCUT2D eigenvalue weighted by Gasteiger charge is -2.21. The van der Waals surface area contributed by atoms with Gasteiger partial charge in [-0.2, -0.15) is 0 Å². The van der Waals surface area contributed by atoms with Crippen molar-refractivity contribution >= 4 is 16.8 Å². The van der Waals surface area contributed by atoms with E-state index in [0.717, 1.165) is 0 Å². The fourth-order valence-electron chi connectivity index (χ4n) is 3.17. The van der Waals surface area contributed by atoms with Crippen LogP contribution in [0.1, 0.15) is 42.1 Å². The van der Waals surface area contributed by atoms with E-state index in [0.29, 0.717) is 11.0 Å². The largest absolute Gasteiger partial charge is 0.507 e. The van der Waals surface area contributed by atoms with Crippen molar-refractivity contribution in [2.45, 2.75) is 26.2 Å². The number of hydrogen-bond acceptors (Lipinski definition) is 5. The summed E-state index contributed by atoms with van der Waals surface area (Å²) in [6, 6.07) is 13.0. The summed E-state index contributed by atoms with van der Waals surface area (Å²) < 4.78 is 5.34. The number of benzene rings is 2. The summed E-state index contributed by atoms with van der Waals surface area (Å²) in [6.45, 7) is 3.74. The molecule has 0 amide bonds. The summed E-state index contributed by atoms with van der Waals surface area (Å²) in [7, 11) is 0. The Morgan fingerprint density at radius 2 is 1.69 bits per heavy atom. The van der Waals surface area contributed by atoms with E-state index in [4.69, 9.17) is 4.42 Å². The Bertz CT molecular complexity index is 1020. The number of ketones is 1. The van der Waals surface area contributed by atoms with E-state index in [1.807, 2.05) is 13.8 Å². The molecule has 0 radical (unpaired) electrons. The van der Waals surface area contributed by atoms with Crippen LogP contribution in [0, 0.1) is 5.92 Å². The summed E-state index contributed by atoms with van der Waals surface area (Å²) in [4.78, 5) is 25.2. The van der Waals surface area contributed by atoms with Gasteiger partial charge >= 0.3 is 5.63 Å². The Kier molecular flexibility index (Phi) is 4.80. The van der Waals surface area contributed by atoms with Gasteiger partial charge in [0.25, 0.3) is 0 Å². The Labute approximate surface area is 150 Å². The molecular formula is C21H20O5. The standard InChI is InChI=1S/C21H20O5/c1-12(2)15(11-17(23)13-7-3-5-9-16(13)22)19-20(24)14-8-4-6-10-18(14)26-21(19)25/h3-10,12,15,22,24H,11H2,1-2H3. The summed E-state index contributed by atoms with van der Waals surface area (Å²) >= 11 is 0. The molecule has 3 aromatic rings. The van der Waals surface area contributed by atoms with Crippen LogP contribution >= 0.6 is 0 Å². The molecule has 0 saturated carbocycles. The molecule has 1 unspecified atom stereocenters. The Morgan fingerprint density at radius 3 is 2.38 bits per heavy atom. The number of phenolic OH excluding ortho intramolecular Hbond substituents is 1. The fraction of sp³-hybridized carbons (Fsp3) is 0.238. The normalized spacial score (nSPS) is 12.4. The van der Waals surface area contributed by atoms with Crippen molar-refractivity contribution in [3.63, 3.8) is 0 Å². The third-order valence-corrected chi connectivity index (χ3v) is 4.61. The minimum Gasteiger partial charge on any atom is -0.507 e. The molecule has 3 rings (SSSR count). The Morgan fingerprint density at radius 1 is 1.04 bits per heavy atom. The lowest BCUT2D eigenvalue weighted by Crippen LogP contribution is -2.20. The van der Waals surface area contributed by atoms with E-state index in [-0.39, 0.29) is 40.7 Å². The SMILES string of the molecule is CC(C)C(CC(=O)c1ccccc1O)c1c(O)c2ccccc2oc1=O. The molecular weight excluding hydrogens is 332 g/mol. The molecule has 5 nitrogen and oxygen atoms in total. The number of carbonyl (C=O) groups is 1. The van der Waals surface area contributed by atoms with E-state index in [1.54, 1.807) is 36.4 Å². The first-order valence-electron chi connectivity index (χ1n) is 8.46. The molecule has 2 aromatic carbocycles. The topological polar surface area (TPSA) is 87.7 Å². The highest BCUT2D eigenvalue weighted by atomic mass is 16.4. The van der Waals surface area contributed by atoms with Gasteiger partial charge in [-0.15, -0.1) is 0 Å². The molecule has 1 aromatic heterocycles. The zero-order chi connectivity index (χ0) is 18.8. The molecule has 1 atom stereocenters. The minimum atomic E-state index is -0.648. The molecule has 0 fully saturated rings. The highest BCUT2D eigenvalue weighted by Crippen LogP contribution is 2.37. The van der Waals surface area contributed by atoms with Gasteiger partial charge in [-0.1, -0.05) is 38.1 Å². The summed E-state index contributed by atoms with van der Waals surface area (Å²) in [6.07, 6.45) is -0.0219. The number of fused-ring (bicyclic) bond motifs is 1. The molecule has 2 N–H and O–H groups in total. The molecule has 134 valence electrons. The lowest BCUT2D eigenvalue weighted by molar-refractivity contribution is 0.0963.